The van der Waals surface area contributed by atoms with E-state index in [2.05, 4.69) is 5.10 Å². The van der Waals surface area contributed by atoms with Gasteiger partial charge in [-0.05, 0) is 69.7 Å². The van der Waals surface area contributed by atoms with E-state index in [0.717, 1.165) is 49.0 Å². The van der Waals surface area contributed by atoms with Crippen molar-refractivity contribution in [2.24, 2.45) is 7.05 Å². The number of carbonyl (C=O) groups is 1. The van der Waals surface area contributed by atoms with E-state index in [1.165, 1.54) is 0 Å². The molecule has 1 aromatic heterocycles. The van der Waals surface area contributed by atoms with E-state index >= 15 is 0 Å². The number of aromatic nitrogens is 2. The third-order valence-electron chi connectivity index (χ3n) is 5.04. The number of benzene rings is 1. The first-order valence-electron chi connectivity index (χ1n) is 9.45. The van der Waals surface area contributed by atoms with Crippen molar-refractivity contribution in [3.63, 3.8) is 0 Å². The number of nitrogens with zero attached hydrogens (tertiary/aromatic N) is 3. The summed E-state index contributed by atoms with van der Waals surface area (Å²) < 4.78 is 1.80. The molecular formula is C21H29N3O2. The van der Waals surface area contributed by atoms with Crippen LogP contribution in [0, 0.1) is 0 Å². The number of amides is 1. The lowest BCUT2D eigenvalue weighted by Crippen LogP contribution is -2.38. The summed E-state index contributed by atoms with van der Waals surface area (Å²) in [6.45, 7) is 4.40. The molecule has 3 rings (SSSR count). The molecule has 1 aromatic carbocycles. The smallest absolute Gasteiger partial charge is 0.254 e. The first kappa shape index (κ1) is 18.6. The van der Waals surface area contributed by atoms with E-state index in [-0.39, 0.29) is 11.9 Å². The first-order chi connectivity index (χ1) is 12.3. The summed E-state index contributed by atoms with van der Waals surface area (Å²) in [6, 6.07) is 9.88. The number of piperidine rings is 1. The van der Waals surface area contributed by atoms with Crippen LogP contribution in [0.1, 0.15) is 67.2 Å². The van der Waals surface area contributed by atoms with Gasteiger partial charge in [-0.25, -0.2) is 0 Å². The number of rotatable bonds is 5. The lowest BCUT2D eigenvalue weighted by atomic mass is 9.96. The Balaban J connectivity index is 1.78. The van der Waals surface area contributed by atoms with Crippen molar-refractivity contribution in [2.75, 3.05) is 6.54 Å². The van der Waals surface area contributed by atoms with Gasteiger partial charge in [-0.2, -0.15) is 5.10 Å². The highest BCUT2D eigenvalue weighted by Gasteiger charge is 2.30. The van der Waals surface area contributed by atoms with E-state index in [1.54, 1.807) is 4.68 Å². The van der Waals surface area contributed by atoms with Gasteiger partial charge in [0.2, 0.25) is 0 Å². The van der Waals surface area contributed by atoms with Crippen molar-refractivity contribution < 1.29 is 9.90 Å². The Kier molecular flexibility index (Phi) is 5.47. The van der Waals surface area contributed by atoms with Crippen LogP contribution < -0.4 is 0 Å². The fourth-order valence-electron chi connectivity index (χ4n) is 3.57. The predicted octanol–water partition coefficient (Wildman–Crippen LogP) is 3.49. The zero-order valence-corrected chi connectivity index (χ0v) is 16.0. The molecule has 0 aliphatic carbocycles. The normalized spacial score (nSPS) is 18.2. The van der Waals surface area contributed by atoms with Gasteiger partial charge >= 0.3 is 0 Å². The highest BCUT2D eigenvalue weighted by Crippen LogP contribution is 2.31. The van der Waals surface area contributed by atoms with Crippen molar-refractivity contribution in [1.29, 1.82) is 0 Å². The zero-order valence-electron chi connectivity index (χ0n) is 16.0. The van der Waals surface area contributed by atoms with E-state index in [1.807, 2.05) is 62.3 Å². The Labute approximate surface area is 155 Å². The molecule has 1 amide bonds. The van der Waals surface area contributed by atoms with E-state index < -0.39 is 5.60 Å². The van der Waals surface area contributed by atoms with Crippen LogP contribution in [0.5, 0.6) is 0 Å². The molecule has 5 nitrogen and oxygen atoms in total. The molecule has 1 saturated heterocycles. The quantitative estimate of drug-likeness (QED) is 0.893. The number of hydrogen-bond donors (Lipinski definition) is 1. The SMILES string of the molecule is Cn1ccc(C2CCCCN2C(=O)c2cccc(CCC(C)(C)O)c2)n1. The Bertz CT molecular complexity index is 761. The lowest BCUT2D eigenvalue weighted by molar-refractivity contribution is 0.0605. The summed E-state index contributed by atoms with van der Waals surface area (Å²) in [5.74, 6) is 0.0745. The average Bonchev–Trinajstić information content (AvgIpc) is 3.05. The third-order valence-corrected chi connectivity index (χ3v) is 5.04. The van der Waals surface area contributed by atoms with Gasteiger partial charge in [0, 0.05) is 25.4 Å². The molecule has 0 bridgehead atoms. The molecule has 1 atom stereocenters. The molecule has 2 aromatic rings. The van der Waals surface area contributed by atoms with Gasteiger partial charge in [0.15, 0.2) is 0 Å². The Hall–Kier alpha value is -2.14. The van der Waals surface area contributed by atoms with Crippen molar-refractivity contribution in [2.45, 2.75) is 57.6 Å². The monoisotopic (exact) mass is 355 g/mol. The second kappa shape index (κ2) is 7.62. The number of likely N-dealkylation sites (tertiary alicyclic amines) is 1. The molecule has 140 valence electrons. The minimum Gasteiger partial charge on any atom is -0.390 e. The summed E-state index contributed by atoms with van der Waals surface area (Å²) in [5, 5.41) is 14.5. The van der Waals surface area contributed by atoms with Crippen molar-refractivity contribution in [3.8, 4) is 0 Å². The summed E-state index contributed by atoms with van der Waals surface area (Å²) >= 11 is 0. The van der Waals surface area contributed by atoms with Gasteiger partial charge in [0.25, 0.3) is 5.91 Å². The predicted molar refractivity (Wildman–Crippen MR) is 102 cm³/mol. The minimum atomic E-state index is -0.697. The van der Waals surface area contributed by atoms with Crippen LogP contribution in [0.4, 0.5) is 0 Å². The van der Waals surface area contributed by atoms with Crippen LogP contribution >= 0.6 is 0 Å². The zero-order chi connectivity index (χ0) is 18.7. The maximum Gasteiger partial charge on any atom is 0.254 e. The second-order valence-electron chi connectivity index (χ2n) is 7.94. The number of hydrogen-bond acceptors (Lipinski definition) is 3. The molecule has 26 heavy (non-hydrogen) atoms. The minimum absolute atomic E-state index is 0.0532. The van der Waals surface area contributed by atoms with Crippen molar-refractivity contribution >= 4 is 5.91 Å². The number of carbonyl (C=O) groups excluding carboxylic acids is 1. The maximum atomic E-state index is 13.2. The van der Waals surface area contributed by atoms with Crippen LogP contribution in [-0.4, -0.2) is 37.8 Å². The van der Waals surface area contributed by atoms with Gasteiger partial charge in [-0.1, -0.05) is 12.1 Å². The Morgan fingerprint density at radius 2 is 2.12 bits per heavy atom. The van der Waals surface area contributed by atoms with E-state index in [0.29, 0.717) is 6.42 Å². The fourth-order valence-corrected chi connectivity index (χ4v) is 3.57. The van der Waals surface area contributed by atoms with Crippen LogP contribution in [0.2, 0.25) is 0 Å². The van der Waals surface area contributed by atoms with Crippen LogP contribution in [-0.2, 0) is 13.5 Å². The summed E-state index contributed by atoms with van der Waals surface area (Å²) in [5.41, 5.74) is 2.08. The van der Waals surface area contributed by atoms with Gasteiger partial charge in [-0.3, -0.25) is 9.48 Å². The van der Waals surface area contributed by atoms with Crippen LogP contribution in [0.25, 0.3) is 0 Å². The van der Waals surface area contributed by atoms with Crippen molar-refractivity contribution in [1.82, 2.24) is 14.7 Å². The average molecular weight is 355 g/mol. The molecular weight excluding hydrogens is 326 g/mol. The largest absolute Gasteiger partial charge is 0.390 e. The van der Waals surface area contributed by atoms with Crippen molar-refractivity contribution in [3.05, 3.63) is 53.3 Å². The number of aryl methyl sites for hydroxylation is 2. The number of aliphatic hydroxyl groups is 1. The second-order valence-corrected chi connectivity index (χ2v) is 7.94. The molecule has 0 spiro atoms. The van der Waals surface area contributed by atoms with Crippen LogP contribution in [0.3, 0.4) is 0 Å². The molecule has 1 aliphatic heterocycles. The first-order valence-corrected chi connectivity index (χ1v) is 9.45. The van der Waals surface area contributed by atoms with Gasteiger partial charge in [0.1, 0.15) is 0 Å². The van der Waals surface area contributed by atoms with E-state index in [4.69, 9.17) is 0 Å². The van der Waals surface area contributed by atoms with Gasteiger partial charge in [0.05, 0.1) is 17.3 Å². The highest BCUT2D eigenvalue weighted by molar-refractivity contribution is 5.94. The molecule has 1 fully saturated rings. The Morgan fingerprint density at radius 3 is 2.81 bits per heavy atom. The highest BCUT2D eigenvalue weighted by atomic mass is 16.3. The molecule has 1 aliphatic rings. The molecule has 0 radical (unpaired) electrons. The molecule has 2 heterocycles. The fraction of sp³-hybridized carbons (Fsp3) is 0.524. The summed E-state index contributed by atoms with van der Waals surface area (Å²) in [6.07, 6.45) is 6.48. The summed E-state index contributed by atoms with van der Waals surface area (Å²) in [7, 11) is 1.91. The maximum absolute atomic E-state index is 13.2. The standard InChI is InChI=1S/C21H29N3O2/c1-21(2,26)12-10-16-7-6-8-17(15-16)20(25)24-13-5-4-9-19(24)18-11-14-23(3)22-18/h6-8,11,14-15,19,26H,4-5,9-10,12-13H2,1-3H3. The van der Waals surface area contributed by atoms with Gasteiger partial charge < -0.3 is 10.0 Å². The topological polar surface area (TPSA) is 58.4 Å². The molecule has 0 saturated carbocycles. The van der Waals surface area contributed by atoms with Gasteiger partial charge in [-0.15, -0.1) is 0 Å². The molecule has 1 unspecified atom stereocenters. The summed E-state index contributed by atoms with van der Waals surface area (Å²) in [4.78, 5) is 15.2. The molecule has 5 heteroatoms. The third kappa shape index (κ3) is 4.52. The Morgan fingerprint density at radius 1 is 1.31 bits per heavy atom. The van der Waals surface area contributed by atoms with E-state index in [9.17, 15) is 9.90 Å². The van der Waals surface area contributed by atoms with Crippen LogP contribution in [0.15, 0.2) is 36.5 Å². The lowest BCUT2D eigenvalue weighted by Gasteiger charge is -2.35. The molecule has 1 N–H and O–H groups in total.